The maximum Gasteiger partial charge on any atom is 0.0410 e. The molecule has 0 aliphatic heterocycles. The summed E-state index contributed by atoms with van der Waals surface area (Å²) in [7, 11) is 0. The summed E-state index contributed by atoms with van der Waals surface area (Å²) in [6.07, 6.45) is 3.07. The van der Waals surface area contributed by atoms with Gasteiger partial charge >= 0.3 is 0 Å². The summed E-state index contributed by atoms with van der Waals surface area (Å²) < 4.78 is 0. The van der Waals surface area contributed by atoms with Crippen LogP contribution < -0.4 is 11.5 Å². The first-order valence-corrected chi connectivity index (χ1v) is 4.86. The first-order valence-electron chi connectivity index (χ1n) is 4.48. The molecular formula is C10H15ClN2. The fourth-order valence-electron chi connectivity index (χ4n) is 1.25. The van der Waals surface area contributed by atoms with Gasteiger partial charge in [-0.15, -0.1) is 0 Å². The molecule has 0 aliphatic carbocycles. The van der Waals surface area contributed by atoms with Crippen molar-refractivity contribution < 1.29 is 0 Å². The van der Waals surface area contributed by atoms with Gasteiger partial charge in [0.05, 0.1) is 0 Å². The lowest BCUT2D eigenvalue weighted by atomic mass is 10.1. The van der Waals surface area contributed by atoms with Crippen LogP contribution in [-0.4, -0.2) is 6.54 Å². The van der Waals surface area contributed by atoms with Crippen LogP contribution in [0.25, 0.3) is 0 Å². The minimum Gasteiger partial charge on any atom is -0.399 e. The third-order valence-electron chi connectivity index (χ3n) is 2.01. The molecule has 0 spiro atoms. The Morgan fingerprint density at radius 3 is 2.69 bits per heavy atom. The molecule has 0 saturated carbocycles. The van der Waals surface area contributed by atoms with Gasteiger partial charge in [-0.05, 0) is 49.6 Å². The lowest BCUT2D eigenvalue weighted by Crippen LogP contribution is -2.00. The van der Waals surface area contributed by atoms with Crippen LogP contribution in [0.5, 0.6) is 0 Å². The van der Waals surface area contributed by atoms with E-state index in [9.17, 15) is 0 Å². The van der Waals surface area contributed by atoms with Gasteiger partial charge in [0.25, 0.3) is 0 Å². The molecule has 1 rings (SSSR count). The smallest absolute Gasteiger partial charge is 0.0410 e. The molecule has 0 aromatic heterocycles. The van der Waals surface area contributed by atoms with Crippen molar-refractivity contribution in [3.05, 3.63) is 28.8 Å². The van der Waals surface area contributed by atoms with Gasteiger partial charge < -0.3 is 11.5 Å². The van der Waals surface area contributed by atoms with Crippen LogP contribution in [0.3, 0.4) is 0 Å². The normalized spacial score (nSPS) is 10.3. The molecule has 2 nitrogen and oxygen atoms in total. The molecular weight excluding hydrogens is 184 g/mol. The topological polar surface area (TPSA) is 52.0 Å². The second-order valence-electron chi connectivity index (χ2n) is 3.09. The van der Waals surface area contributed by atoms with E-state index >= 15 is 0 Å². The standard InChI is InChI=1S/C10H15ClN2/c11-9-4-5-10(13)8(7-9)3-1-2-6-12/h4-5,7H,1-3,6,12-13H2. The summed E-state index contributed by atoms with van der Waals surface area (Å²) in [6, 6.07) is 5.58. The lowest BCUT2D eigenvalue weighted by molar-refractivity contribution is 0.746. The first kappa shape index (κ1) is 10.4. The molecule has 0 heterocycles. The van der Waals surface area contributed by atoms with Crippen molar-refractivity contribution in [1.82, 2.24) is 0 Å². The van der Waals surface area contributed by atoms with Gasteiger partial charge in [-0.25, -0.2) is 0 Å². The van der Waals surface area contributed by atoms with Crippen LogP contribution in [0, 0.1) is 0 Å². The zero-order chi connectivity index (χ0) is 9.68. The maximum absolute atomic E-state index is 5.85. The van der Waals surface area contributed by atoms with Gasteiger partial charge in [-0.1, -0.05) is 11.6 Å². The number of nitrogen functional groups attached to an aromatic ring is 1. The van der Waals surface area contributed by atoms with Gasteiger partial charge in [-0.2, -0.15) is 0 Å². The lowest BCUT2D eigenvalue weighted by Gasteiger charge is -2.05. The Hall–Kier alpha value is -0.730. The van der Waals surface area contributed by atoms with Crippen molar-refractivity contribution in [3.63, 3.8) is 0 Å². The Balaban J connectivity index is 2.59. The molecule has 72 valence electrons. The van der Waals surface area contributed by atoms with Crippen LogP contribution in [0.15, 0.2) is 18.2 Å². The van der Waals surface area contributed by atoms with Gasteiger partial charge in [0.15, 0.2) is 0 Å². The molecule has 0 radical (unpaired) electrons. The van der Waals surface area contributed by atoms with Crippen LogP contribution in [0.2, 0.25) is 5.02 Å². The quantitative estimate of drug-likeness (QED) is 0.576. The van der Waals surface area contributed by atoms with Crippen molar-refractivity contribution >= 4 is 17.3 Å². The van der Waals surface area contributed by atoms with E-state index in [-0.39, 0.29) is 0 Å². The van der Waals surface area contributed by atoms with Crippen molar-refractivity contribution in [1.29, 1.82) is 0 Å². The predicted molar refractivity (Wildman–Crippen MR) is 57.9 cm³/mol. The Morgan fingerprint density at radius 2 is 2.00 bits per heavy atom. The highest BCUT2D eigenvalue weighted by Crippen LogP contribution is 2.19. The predicted octanol–water partition coefficient (Wildman–Crippen LogP) is 2.20. The van der Waals surface area contributed by atoms with Gasteiger partial charge in [0, 0.05) is 10.7 Å². The second-order valence-corrected chi connectivity index (χ2v) is 3.53. The second kappa shape index (κ2) is 5.10. The molecule has 0 atom stereocenters. The molecule has 0 saturated heterocycles. The first-order chi connectivity index (χ1) is 6.24. The summed E-state index contributed by atoms with van der Waals surface area (Å²) >= 11 is 5.85. The number of rotatable bonds is 4. The van der Waals surface area contributed by atoms with Gasteiger partial charge in [0.2, 0.25) is 0 Å². The highest BCUT2D eigenvalue weighted by Gasteiger charge is 1.99. The number of benzene rings is 1. The van der Waals surface area contributed by atoms with Crippen molar-refractivity contribution in [2.75, 3.05) is 12.3 Å². The van der Waals surface area contributed by atoms with E-state index in [1.165, 1.54) is 0 Å². The largest absolute Gasteiger partial charge is 0.399 e. The van der Waals surface area contributed by atoms with Crippen molar-refractivity contribution in [2.45, 2.75) is 19.3 Å². The van der Waals surface area contributed by atoms with Gasteiger partial charge in [-0.3, -0.25) is 0 Å². The van der Waals surface area contributed by atoms with Crippen molar-refractivity contribution in [3.8, 4) is 0 Å². The van der Waals surface area contributed by atoms with Gasteiger partial charge in [0.1, 0.15) is 0 Å². The molecule has 1 aromatic rings. The van der Waals surface area contributed by atoms with E-state index in [4.69, 9.17) is 23.1 Å². The molecule has 13 heavy (non-hydrogen) atoms. The Bertz CT molecular complexity index is 274. The van der Waals surface area contributed by atoms with E-state index in [1.54, 1.807) is 0 Å². The monoisotopic (exact) mass is 198 g/mol. The average Bonchev–Trinajstić information content (AvgIpc) is 2.11. The SMILES string of the molecule is NCCCCc1cc(Cl)ccc1N. The molecule has 3 heteroatoms. The average molecular weight is 199 g/mol. The number of nitrogens with two attached hydrogens (primary N) is 2. The summed E-state index contributed by atoms with van der Waals surface area (Å²) in [6.45, 7) is 0.737. The highest BCUT2D eigenvalue weighted by atomic mass is 35.5. The number of unbranched alkanes of at least 4 members (excludes halogenated alkanes) is 1. The highest BCUT2D eigenvalue weighted by molar-refractivity contribution is 6.30. The maximum atomic E-state index is 5.85. The number of aryl methyl sites for hydroxylation is 1. The fraction of sp³-hybridized carbons (Fsp3) is 0.400. The number of anilines is 1. The van der Waals surface area contributed by atoms with Crippen LogP contribution in [0.4, 0.5) is 5.69 Å². The zero-order valence-corrected chi connectivity index (χ0v) is 8.35. The van der Waals surface area contributed by atoms with Crippen LogP contribution in [0.1, 0.15) is 18.4 Å². The molecule has 0 aliphatic rings. The van der Waals surface area contributed by atoms with E-state index in [0.29, 0.717) is 0 Å². The molecule has 0 amide bonds. The Labute approximate surface area is 83.9 Å². The number of hydrogen-bond donors (Lipinski definition) is 2. The van der Waals surface area contributed by atoms with E-state index in [0.717, 1.165) is 42.1 Å². The number of hydrogen-bond acceptors (Lipinski definition) is 2. The summed E-state index contributed by atoms with van der Waals surface area (Å²) in [5.41, 5.74) is 13.1. The zero-order valence-electron chi connectivity index (χ0n) is 7.59. The van der Waals surface area contributed by atoms with E-state index < -0.39 is 0 Å². The fourth-order valence-corrected chi connectivity index (χ4v) is 1.45. The molecule has 4 N–H and O–H groups in total. The third kappa shape index (κ3) is 3.25. The van der Waals surface area contributed by atoms with E-state index in [1.807, 2.05) is 18.2 Å². The van der Waals surface area contributed by atoms with Crippen LogP contribution in [-0.2, 0) is 6.42 Å². The van der Waals surface area contributed by atoms with Crippen LogP contribution >= 0.6 is 11.6 Å². The minimum atomic E-state index is 0.737. The summed E-state index contributed by atoms with van der Waals surface area (Å²) in [5.74, 6) is 0. The Kier molecular flexibility index (Phi) is 4.06. The minimum absolute atomic E-state index is 0.737. The molecule has 1 aromatic carbocycles. The Morgan fingerprint density at radius 1 is 1.23 bits per heavy atom. The summed E-state index contributed by atoms with van der Waals surface area (Å²) in [5, 5.41) is 0.747. The molecule has 0 unspecified atom stereocenters. The third-order valence-corrected chi connectivity index (χ3v) is 2.24. The molecule has 0 bridgehead atoms. The molecule has 0 fully saturated rings. The summed E-state index contributed by atoms with van der Waals surface area (Å²) in [4.78, 5) is 0. The van der Waals surface area contributed by atoms with E-state index in [2.05, 4.69) is 0 Å². The van der Waals surface area contributed by atoms with Crippen molar-refractivity contribution in [2.24, 2.45) is 5.73 Å². The number of halogens is 1.